The van der Waals surface area contributed by atoms with E-state index in [4.69, 9.17) is 0 Å². The first-order chi connectivity index (χ1) is 13.3. The molecule has 2 aromatic heterocycles. The maximum atomic E-state index is 13.1. The molecule has 0 saturated heterocycles. The van der Waals surface area contributed by atoms with E-state index in [1.54, 1.807) is 0 Å². The molecule has 0 saturated carbocycles. The van der Waals surface area contributed by atoms with Crippen LogP contribution in [0, 0.1) is 19.8 Å². The van der Waals surface area contributed by atoms with Gasteiger partial charge in [-0.3, -0.25) is 9.48 Å². The van der Waals surface area contributed by atoms with Crippen LogP contribution in [0.25, 0.3) is 10.9 Å². The Bertz CT molecular complexity index is 1050. The van der Waals surface area contributed by atoms with Gasteiger partial charge in [0.1, 0.15) is 0 Å². The second-order valence-electron chi connectivity index (χ2n) is 8.21. The summed E-state index contributed by atoms with van der Waals surface area (Å²) in [4.78, 5) is 18.6. The molecule has 1 aliphatic heterocycles. The second kappa shape index (κ2) is 7.39. The van der Waals surface area contributed by atoms with Crippen molar-refractivity contribution in [1.29, 1.82) is 0 Å². The molecule has 1 amide bonds. The Morgan fingerprint density at radius 2 is 2.11 bits per heavy atom. The van der Waals surface area contributed by atoms with E-state index in [0.29, 0.717) is 18.9 Å². The number of para-hydroxylation sites is 1. The van der Waals surface area contributed by atoms with Crippen LogP contribution in [-0.4, -0.2) is 32.1 Å². The fourth-order valence-corrected chi connectivity index (χ4v) is 4.66. The summed E-state index contributed by atoms with van der Waals surface area (Å²) in [6.45, 7) is 10.8. The third kappa shape index (κ3) is 3.39. The monoisotopic (exact) mass is 442 g/mol. The summed E-state index contributed by atoms with van der Waals surface area (Å²) in [5.41, 5.74) is 6.80. The molecule has 1 N–H and O–H groups in total. The molecule has 0 atom stereocenters. The Balaban J connectivity index is 1.55. The summed E-state index contributed by atoms with van der Waals surface area (Å²) in [6.07, 6.45) is 1.30. The molecule has 6 heteroatoms. The molecule has 0 radical (unpaired) electrons. The number of aromatic nitrogens is 3. The van der Waals surface area contributed by atoms with Crippen LogP contribution in [0.1, 0.15) is 42.1 Å². The fraction of sp³-hybridized carbons (Fsp3) is 0.455. The first kappa shape index (κ1) is 19.2. The number of halogens is 1. The molecular formula is C22H27BrN4O. The molecular weight excluding hydrogens is 416 g/mol. The van der Waals surface area contributed by atoms with E-state index in [1.807, 2.05) is 22.6 Å². The van der Waals surface area contributed by atoms with E-state index < -0.39 is 0 Å². The van der Waals surface area contributed by atoms with E-state index in [1.165, 1.54) is 16.6 Å². The molecule has 3 heterocycles. The summed E-state index contributed by atoms with van der Waals surface area (Å²) in [5, 5.41) is 5.87. The maximum absolute atomic E-state index is 13.1. The normalized spacial score (nSPS) is 14.1. The number of H-pyrrole nitrogens is 1. The molecule has 0 fully saturated rings. The molecule has 4 rings (SSSR count). The molecule has 1 aliphatic rings. The Morgan fingerprint density at radius 1 is 1.32 bits per heavy atom. The lowest BCUT2D eigenvalue weighted by molar-refractivity contribution is -0.131. The van der Waals surface area contributed by atoms with Gasteiger partial charge in [0, 0.05) is 58.4 Å². The second-order valence-corrected chi connectivity index (χ2v) is 9.07. The van der Waals surface area contributed by atoms with Gasteiger partial charge in [-0.15, -0.1) is 0 Å². The summed E-state index contributed by atoms with van der Waals surface area (Å²) in [5.74, 6) is 0.716. The van der Waals surface area contributed by atoms with E-state index in [2.05, 4.69) is 58.9 Å². The first-order valence-electron chi connectivity index (χ1n) is 9.93. The summed E-state index contributed by atoms with van der Waals surface area (Å²) < 4.78 is 3.12. The molecule has 0 bridgehead atoms. The lowest BCUT2D eigenvalue weighted by Gasteiger charge is -2.27. The molecule has 3 aromatic rings. The number of hydrogen-bond acceptors (Lipinski definition) is 2. The van der Waals surface area contributed by atoms with Crippen molar-refractivity contribution in [3.8, 4) is 0 Å². The number of aryl methyl sites for hydroxylation is 1. The van der Waals surface area contributed by atoms with Crippen molar-refractivity contribution in [3.63, 3.8) is 0 Å². The van der Waals surface area contributed by atoms with Gasteiger partial charge in [-0.25, -0.2) is 0 Å². The standard InChI is InChI=1S/C22H27BrN4O/c1-13(2)11-27-15(4)17(14(3)25-27)10-21(28)26-9-8-20-18(12-26)16-6-5-7-19(23)22(16)24-20/h5-7,13,24H,8-12H2,1-4H3. The van der Waals surface area contributed by atoms with Crippen molar-refractivity contribution in [1.82, 2.24) is 19.7 Å². The highest BCUT2D eigenvalue weighted by Crippen LogP contribution is 2.32. The quantitative estimate of drug-likeness (QED) is 0.645. The summed E-state index contributed by atoms with van der Waals surface area (Å²) >= 11 is 3.63. The van der Waals surface area contributed by atoms with E-state index in [0.717, 1.165) is 46.5 Å². The van der Waals surface area contributed by atoms with Gasteiger partial charge in [-0.2, -0.15) is 5.10 Å². The molecule has 0 aliphatic carbocycles. The molecule has 5 nitrogen and oxygen atoms in total. The van der Waals surface area contributed by atoms with Crippen molar-refractivity contribution < 1.29 is 4.79 Å². The van der Waals surface area contributed by atoms with Gasteiger partial charge in [-0.05, 0) is 41.8 Å². The average molecular weight is 443 g/mol. The molecule has 28 heavy (non-hydrogen) atoms. The van der Waals surface area contributed by atoms with Crippen molar-refractivity contribution >= 4 is 32.7 Å². The van der Waals surface area contributed by atoms with Crippen LogP contribution < -0.4 is 0 Å². The molecule has 0 spiro atoms. The largest absolute Gasteiger partial charge is 0.357 e. The third-order valence-corrected chi connectivity index (χ3v) is 6.37. The number of amides is 1. The molecule has 1 aromatic carbocycles. The van der Waals surface area contributed by atoms with Gasteiger partial charge in [0.25, 0.3) is 0 Å². The van der Waals surface area contributed by atoms with Gasteiger partial charge >= 0.3 is 0 Å². The van der Waals surface area contributed by atoms with E-state index in [9.17, 15) is 4.79 Å². The lowest BCUT2D eigenvalue weighted by Crippen LogP contribution is -2.36. The number of rotatable bonds is 4. The predicted molar refractivity (Wildman–Crippen MR) is 115 cm³/mol. The number of aromatic amines is 1. The van der Waals surface area contributed by atoms with Crippen LogP contribution in [-0.2, 0) is 30.7 Å². The number of hydrogen-bond donors (Lipinski definition) is 1. The third-order valence-electron chi connectivity index (χ3n) is 5.71. The zero-order valence-electron chi connectivity index (χ0n) is 17.0. The minimum Gasteiger partial charge on any atom is -0.357 e. The summed E-state index contributed by atoms with van der Waals surface area (Å²) in [6, 6.07) is 6.23. The fourth-order valence-electron chi connectivity index (χ4n) is 4.19. The first-order valence-corrected chi connectivity index (χ1v) is 10.7. The summed E-state index contributed by atoms with van der Waals surface area (Å²) in [7, 11) is 0. The van der Waals surface area contributed by atoms with Crippen molar-refractivity contribution in [2.45, 2.75) is 53.6 Å². The van der Waals surface area contributed by atoms with Crippen molar-refractivity contribution in [2.75, 3.05) is 6.54 Å². The number of fused-ring (bicyclic) bond motifs is 3. The molecule has 0 unspecified atom stereocenters. The number of benzene rings is 1. The number of carbonyl (C=O) groups is 1. The van der Waals surface area contributed by atoms with Gasteiger partial charge in [0.2, 0.25) is 5.91 Å². The van der Waals surface area contributed by atoms with Crippen LogP contribution in [0.5, 0.6) is 0 Å². The topological polar surface area (TPSA) is 53.9 Å². The Hall–Kier alpha value is -2.08. The van der Waals surface area contributed by atoms with Crippen LogP contribution in [0.4, 0.5) is 0 Å². The van der Waals surface area contributed by atoms with Gasteiger partial charge < -0.3 is 9.88 Å². The smallest absolute Gasteiger partial charge is 0.227 e. The lowest BCUT2D eigenvalue weighted by atomic mass is 10.0. The number of nitrogens with zero attached hydrogens (tertiary/aromatic N) is 3. The van der Waals surface area contributed by atoms with Crippen molar-refractivity contribution in [2.24, 2.45) is 5.92 Å². The van der Waals surface area contributed by atoms with Gasteiger partial charge in [0.05, 0.1) is 17.6 Å². The predicted octanol–water partition coefficient (Wildman–Crippen LogP) is 4.53. The Morgan fingerprint density at radius 3 is 2.86 bits per heavy atom. The average Bonchev–Trinajstić information content (AvgIpc) is 3.14. The zero-order valence-corrected chi connectivity index (χ0v) is 18.6. The number of carbonyl (C=O) groups excluding carboxylic acids is 1. The maximum Gasteiger partial charge on any atom is 0.227 e. The highest BCUT2D eigenvalue weighted by atomic mass is 79.9. The van der Waals surface area contributed by atoms with Gasteiger partial charge in [0.15, 0.2) is 0 Å². The van der Waals surface area contributed by atoms with Crippen LogP contribution >= 0.6 is 15.9 Å². The van der Waals surface area contributed by atoms with Crippen LogP contribution in [0.15, 0.2) is 22.7 Å². The molecule has 148 valence electrons. The van der Waals surface area contributed by atoms with E-state index >= 15 is 0 Å². The highest BCUT2D eigenvalue weighted by Gasteiger charge is 2.26. The van der Waals surface area contributed by atoms with E-state index in [-0.39, 0.29) is 5.91 Å². The highest BCUT2D eigenvalue weighted by molar-refractivity contribution is 9.10. The number of nitrogens with one attached hydrogen (secondary N) is 1. The van der Waals surface area contributed by atoms with Crippen LogP contribution in [0.2, 0.25) is 0 Å². The SMILES string of the molecule is Cc1nn(CC(C)C)c(C)c1CC(=O)N1CCc2[nH]c3c(Br)cccc3c2C1. The van der Waals surface area contributed by atoms with Crippen LogP contribution in [0.3, 0.4) is 0 Å². The van der Waals surface area contributed by atoms with Crippen molar-refractivity contribution in [3.05, 3.63) is 50.9 Å². The minimum absolute atomic E-state index is 0.185. The minimum atomic E-state index is 0.185. The zero-order chi connectivity index (χ0) is 20.0. The Labute approximate surface area is 174 Å². The Kier molecular flexibility index (Phi) is 5.08. The van der Waals surface area contributed by atoms with Gasteiger partial charge in [-0.1, -0.05) is 26.0 Å².